The van der Waals surface area contributed by atoms with E-state index in [2.05, 4.69) is 17.2 Å². The molecule has 25 heavy (non-hydrogen) atoms. The maximum Gasteiger partial charge on any atom is 0.329 e. The van der Waals surface area contributed by atoms with E-state index >= 15 is 0 Å². The van der Waals surface area contributed by atoms with Crippen LogP contribution in [0.15, 0.2) is 43.0 Å². The zero-order valence-electron chi connectivity index (χ0n) is 15.0. The Morgan fingerprint density at radius 1 is 1.20 bits per heavy atom. The van der Waals surface area contributed by atoms with Crippen LogP contribution in [0.5, 0.6) is 0 Å². The number of nitrogens with one attached hydrogen (secondary N) is 2. The lowest BCUT2D eigenvalue weighted by atomic mass is 9.98. The van der Waals surface area contributed by atoms with Gasteiger partial charge in [0.2, 0.25) is 0 Å². The van der Waals surface area contributed by atoms with E-state index in [9.17, 15) is 14.4 Å². The van der Waals surface area contributed by atoms with E-state index < -0.39 is 24.0 Å². The number of hydrogen-bond donors (Lipinski definition) is 2. The molecule has 6 heteroatoms. The van der Waals surface area contributed by atoms with Gasteiger partial charge in [0.15, 0.2) is 6.10 Å². The number of carbonyl (C=O) groups is 3. The van der Waals surface area contributed by atoms with Crippen molar-refractivity contribution in [2.24, 2.45) is 5.92 Å². The van der Waals surface area contributed by atoms with Crippen LogP contribution in [0, 0.1) is 5.92 Å². The van der Waals surface area contributed by atoms with Gasteiger partial charge in [-0.3, -0.25) is 9.59 Å². The van der Waals surface area contributed by atoms with Crippen molar-refractivity contribution in [2.75, 3.05) is 6.54 Å². The molecule has 0 aliphatic carbocycles. The molecule has 0 saturated heterocycles. The van der Waals surface area contributed by atoms with Gasteiger partial charge in [-0.25, -0.2) is 4.79 Å². The lowest BCUT2D eigenvalue weighted by Gasteiger charge is -2.24. The van der Waals surface area contributed by atoms with Gasteiger partial charge in [-0.1, -0.05) is 44.5 Å². The van der Waals surface area contributed by atoms with Gasteiger partial charge in [0.1, 0.15) is 6.04 Å². The Hall–Kier alpha value is -2.63. The van der Waals surface area contributed by atoms with E-state index in [-0.39, 0.29) is 11.8 Å². The summed E-state index contributed by atoms with van der Waals surface area (Å²) in [5.41, 5.74) is 0.459. The van der Waals surface area contributed by atoms with E-state index in [1.54, 1.807) is 30.3 Å². The van der Waals surface area contributed by atoms with Crippen LogP contribution in [-0.2, 0) is 14.3 Å². The lowest BCUT2D eigenvalue weighted by Crippen LogP contribution is -2.48. The minimum atomic E-state index is -0.951. The maximum atomic E-state index is 12.5. The molecule has 1 aromatic rings. The Kier molecular flexibility index (Phi) is 8.39. The molecule has 0 heterocycles. The Balaban J connectivity index is 2.77. The lowest BCUT2D eigenvalue weighted by molar-refractivity contribution is -0.157. The molecule has 3 atom stereocenters. The van der Waals surface area contributed by atoms with Crippen LogP contribution in [-0.4, -0.2) is 36.5 Å². The Morgan fingerprint density at radius 3 is 2.40 bits per heavy atom. The van der Waals surface area contributed by atoms with E-state index in [4.69, 9.17) is 4.74 Å². The smallest absolute Gasteiger partial charge is 0.329 e. The van der Waals surface area contributed by atoms with Crippen LogP contribution in [0.2, 0.25) is 0 Å². The molecule has 1 aromatic carbocycles. The van der Waals surface area contributed by atoms with Gasteiger partial charge in [0, 0.05) is 12.1 Å². The van der Waals surface area contributed by atoms with Crippen molar-refractivity contribution >= 4 is 17.8 Å². The maximum absolute atomic E-state index is 12.5. The molecular formula is C19H26N2O4. The number of hydrogen-bond acceptors (Lipinski definition) is 4. The molecule has 0 aromatic heterocycles. The molecule has 0 fully saturated rings. The van der Waals surface area contributed by atoms with Gasteiger partial charge in [-0.05, 0) is 25.0 Å². The molecule has 0 aliphatic heterocycles. The minimum absolute atomic E-state index is 0.136. The highest BCUT2D eigenvalue weighted by atomic mass is 16.5. The molecule has 0 aliphatic rings. The predicted octanol–water partition coefficient (Wildman–Crippen LogP) is 2.06. The molecule has 0 unspecified atom stereocenters. The van der Waals surface area contributed by atoms with Crippen molar-refractivity contribution in [3.63, 3.8) is 0 Å². The molecule has 6 nitrogen and oxygen atoms in total. The van der Waals surface area contributed by atoms with Gasteiger partial charge in [-0.15, -0.1) is 6.58 Å². The van der Waals surface area contributed by atoms with Gasteiger partial charge in [0.25, 0.3) is 11.8 Å². The summed E-state index contributed by atoms with van der Waals surface area (Å²) in [6.07, 6.45) is 1.26. The number of benzene rings is 1. The van der Waals surface area contributed by atoms with Crippen molar-refractivity contribution in [3.05, 3.63) is 48.6 Å². The van der Waals surface area contributed by atoms with E-state index in [1.807, 2.05) is 13.8 Å². The quantitative estimate of drug-likeness (QED) is 0.529. The van der Waals surface area contributed by atoms with Gasteiger partial charge < -0.3 is 15.4 Å². The highest BCUT2D eigenvalue weighted by Crippen LogP contribution is 2.12. The average molecular weight is 346 g/mol. The molecule has 2 N–H and O–H groups in total. The standard InChI is InChI=1S/C19H26N2O4/c1-5-12-20-17(22)14(4)25-19(24)16(13(3)6-2)21-18(23)15-10-8-7-9-11-15/h5,7-11,13-14,16H,1,6,12H2,2-4H3,(H,20,22)(H,21,23)/t13-,14-,16-/m0/s1. The second-order valence-electron chi connectivity index (χ2n) is 5.82. The van der Waals surface area contributed by atoms with Gasteiger partial charge >= 0.3 is 5.97 Å². The molecule has 136 valence electrons. The summed E-state index contributed by atoms with van der Waals surface area (Å²) in [5, 5.41) is 5.27. The first kappa shape index (κ1) is 20.4. The van der Waals surface area contributed by atoms with Crippen molar-refractivity contribution in [1.29, 1.82) is 0 Å². The first-order valence-corrected chi connectivity index (χ1v) is 8.35. The Bertz CT molecular complexity index is 601. The molecule has 0 radical (unpaired) electrons. The van der Waals surface area contributed by atoms with Crippen LogP contribution >= 0.6 is 0 Å². The largest absolute Gasteiger partial charge is 0.451 e. The monoisotopic (exact) mass is 346 g/mol. The van der Waals surface area contributed by atoms with E-state index in [1.165, 1.54) is 13.0 Å². The van der Waals surface area contributed by atoms with Crippen molar-refractivity contribution in [1.82, 2.24) is 10.6 Å². The third-order valence-electron chi connectivity index (χ3n) is 3.87. The summed E-state index contributed by atoms with van der Waals surface area (Å²) < 4.78 is 5.23. The summed E-state index contributed by atoms with van der Waals surface area (Å²) in [6.45, 7) is 9.05. The average Bonchev–Trinajstić information content (AvgIpc) is 2.63. The number of esters is 1. The zero-order valence-corrected chi connectivity index (χ0v) is 15.0. The van der Waals surface area contributed by atoms with E-state index in [0.717, 1.165) is 0 Å². The Labute approximate surface area is 148 Å². The van der Waals surface area contributed by atoms with Crippen LogP contribution in [0.3, 0.4) is 0 Å². The number of amides is 2. The summed E-state index contributed by atoms with van der Waals surface area (Å²) in [6, 6.07) is 7.81. The second kappa shape index (κ2) is 10.3. The third kappa shape index (κ3) is 6.41. The summed E-state index contributed by atoms with van der Waals surface area (Å²) in [7, 11) is 0. The number of ether oxygens (including phenoxy) is 1. The fraction of sp³-hybridized carbons (Fsp3) is 0.421. The van der Waals surface area contributed by atoms with Crippen molar-refractivity contribution in [2.45, 2.75) is 39.3 Å². The highest BCUT2D eigenvalue weighted by Gasteiger charge is 2.30. The highest BCUT2D eigenvalue weighted by molar-refractivity contribution is 5.97. The van der Waals surface area contributed by atoms with Gasteiger partial charge in [0.05, 0.1) is 0 Å². The number of carbonyl (C=O) groups excluding carboxylic acids is 3. The molecule has 2 amide bonds. The molecule has 0 bridgehead atoms. The molecule has 1 rings (SSSR count). The first-order chi connectivity index (χ1) is 11.9. The Morgan fingerprint density at radius 2 is 1.84 bits per heavy atom. The van der Waals surface area contributed by atoms with Crippen molar-refractivity contribution < 1.29 is 19.1 Å². The normalized spacial score (nSPS) is 13.9. The minimum Gasteiger partial charge on any atom is -0.451 e. The third-order valence-corrected chi connectivity index (χ3v) is 3.87. The van der Waals surface area contributed by atoms with E-state index in [0.29, 0.717) is 18.5 Å². The van der Waals surface area contributed by atoms with Crippen LogP contribution < -0.4 is 10.6 Å². The summed E-state index contributed by atoms with van der Waals surface area (Å²) >= 11 is 0. The summed E-state index contributed by atoms with van der Waals surface area (Å²) in [5.74, 6) is -1.53. The van der Waals surface area contributed by atoms with Crippen LogP contribution in [0.1, 0.15) is 37.6 Å². The number of rotatable bonds is 9. The van der Waals surface area contributed by atoms with Gasteiger partial charge in [-0.2, -0.15) is 0 Å². The summed E-state index contributed by atoms with van der Waals surface area (Å²) in [4.78, 5) is 36.6. The fourth-order valence-electron chi connectivity index (χ4n) is 2.10. The fourth-order valence-corrected chi connectivity index (χ4v) is 2.10. The molecule has 0 spiro atoms. The topological polar surface area (TPSA) is 84.5 Å². The molecular weight excluding hydrogens is 320 g/mol. The SMILES string of the molecule is C=CCNC(=O)[C@H](C)OC(=O)[C@@H](NC(=O)c1ccccc1)[C@@H](C)CC. The van der Waals surface area contributed by atoms with Crippen LogP contribution in [0.4, 0.5) is 0 Å². The molecule has 0 saturated carbocycles. The zero-order chi connectivity index (χ0) is 18.8. The predicted molar refractivity (Wildman–Crippen MR) is 95.9 cm³/mol. The van der Waals surface area contributed by atoms with Crippen molar-refractivity contribution in [3.8, 4) is 0 Å². The first-order valence-electron chi connectivity index (χ1n) is 8.35. The second-order valence-corrected chi connectivity index (χ2v) is 5.82. The van der Waals surface area contributed by atoms with Crippen LogP contribution in [0.25, 0.3) is 0 Å².